The van der Waals surface area contributed by atoms with Gasteiger partial charge in [-0.2, -0.15) is 0 Å². The molecular formula is C10H17NO3. The fourth-order valence-corrected chi connectivity index (χ4v) is 1.22. The predicted octanol–water partition coefficient (Wildman–Crippen LogP) is 1.13. The topological polar surface area (TPSA) is 38.8 Å². The molecule has 4 heteroatoms. The van der Waals surface area contributed by atoms with E-state index in [0.29, 0.717) is 38.3 Å². The van der Waals surface area contributed by atoms with Gasteiger partial charge in [-0.25, -0.2) is 4.79 Å². The van der Waals surface area contributed by atoms with E-state index in [1.165, 1.54) is 0 Å². The molecule has 1 aliphatic heterocycles. The summed E-state index contributed by atoms with van der Waals surface area (Å²) >= 11 is 0. The number of morpholine rings is 1. The fourth-order valence-electron chi connectivity index (χ4n) is 1.22. The maximum absolute atomic E-state index is 11.4. The van der Waals surface area contributed by atoms with Gasteiger partial charge in [0.15, 0.2) is 0 Å². The molecule has 1 rings (SSSR count). The van der Waals surface area contributed by atoms with E-state index in [9.17, 15) is 4.79 Å². The number of carbonyl (C=O) groups is 1. The third-order valence-corrected chi connectivity index (χ3v) is 2.02. The van der Waals surface area contributed by atoms with Crippen molar-refractivity contribution in [3.05, 3.63) is 12.2 Å². The molecule has 0 spiro atoms. The standard InChI is InChI=1S/C10H17NO3/c1-3-4-9(2)10(12)14-11-5-7-13-8-6-11/h2-8H2,1H3. The van der Waals surface area contributed by atoms with Crippen molar-refractivity contribution in [2.24, 2.45) is 0 Å². The lowest BCUT2D eigenvalue weighted by Crippen LogP contribution is -2.38. The number of ether oxygens (including phenoxy) is 1. The lowest BCUT2D eigenvalue weighted by atomic mass is 10.2. The zero-order valence-corrected chi connectivity index (χ0v) is 8.62. The van der Waals surface area contributed by atoms with Crippen LogP contribution in [0.5, 0.6) is 0 Å². The summed E-state index contributed by atoms with van der Waals surface area (Å²) in [7, 11) is 0. The van der Waals surface area contributed by atoms with Crippen molar-refractivity contribution in [1.82, 2.24) is 5.06 Å². The molecule has 0 radical (unpaired) electrons. The molecule has 0 aliphatic carbocycles. The van der Waals surface area contributed by atoms with Gasteiger partial charge in [0, 0.05) is 5.57 Å². The van der Waals surface area contributed by atoms with Gasteiger partial charge in [0.25, 0.3) is 0 Å². The number of rotatable bonds is 4. The molecule has 0 atom stereocenters. The van der Waals surface area contributed by atoms with E-state index in [1.807, 2.05) is 6.92 Å². The Hall–Kier alpha value is -0.870. The Morgan fingerprint density at radius 1 is 1.50 bits per heavy atom. The van der Waals surface area contributed by atoms with Crippen LogP contribution in [-0.2, 0) is 14.4 Å². The molecule has 1 fully saturated rings. The SMILES string of the molecule is C=C(CCC)C(=O)ON1CCOCC1. The first-order chi connectivity index (χ1) is 6.74. The van der Waals surface area contributed by atoms with Crippen molar-refractivity contribution in [2.75, 3.05) is 26.3 Å². The van der Waals surface area contributed by atoms with Crippen molar-refractivity contribution in [3.8, 4) is 0 Å². The average Bonchev–Trinajstić information content (AvgIpc) is 2.19. The maximum Gasteiger partial charge on any atom is 0.352 e. The molecule has 0 saturated carbocycles. The van der Waals surface area contributed by atoms with Crippen molar-refractivity contribution < 1.29 is 14.4 Å². The molecule has 0 unspecified atom stereocenters. The van der Waals surface area contributed by atoms with E-state index in [4.69, 9.17) is 9.57 Å². The molecule has 1 aliphatic rings. The Morgan fingerprint density at radius 3 is 2.71 bits per heavy atom. The number of hydrogen-bond donors (Lipinski definition) is 0. The maximum atomic E-state index is 11.4. The van der Waals surface area contributed by atoms with Gasteiger partial charge >= 0.3 is 5.97 Å². The fraction of sp³-hybridized carbons (Fsp3) is 0.700. The molecule has 1 saturated heterocycles. The van der Waals surface area contributed by atoms with Crippen LogP contribution in [0.1, 0.15) is 19.8 Å². The van der Waals surface area contributed by atoms with E-state index in [-0.39, 0.29) is 5.97 Å². The first-order valence-corrected chi connectivity index (χ1v) is 4.96. The number of hydrogen-bond acceptors (Lipinski definition) is 4. The second kappa shape index (κ2) is 5.78. The van der Waals surface area contributed by atoms with Crippen molar-refractivity contribution in [2.45, 2.75) is 19.8 Å². The summed E-state index contributed by atoms with van der Waals surface area (Å²) < 4.78 is 5.13. The third-order valence-electron chi connectivity index (χ3n) is 2.02. The minimum Gasteiger partial charge on any atom is -0.379 e. The van der Waals surface area contributed by atoms with E-state index in [1.54, 1.807) is 5.06 Å². The van der Waals surface area contributed by atoms with E-state index in [0.717, 1.165) is 6.42 Å². The first kappa shape index (κ1) is 11.2. The zero-order valence-electron chi connectivity index (χ0n) is 8.62. The molecular weight excluding hydrogens is 182 g/mol. The quantitative estimate of drug-likeness (QED) is 0.636. The summed E-state index contributed by atoms with van der Waals surface area (Å²) in [5.74, 6) is -0.311. The molecule has 80 valence electrons. The minimum atomic E-state index is -0.311. The van der Waals surface area contributed by atoms with Gasteiger partial charge in [-0.3, -0.25) is 0 Å². The zero-order chi connectivity index (χ0) is 10.4. The van der Waals surface area contributed by atoms with Crippen LogP contribution in [0.3, 0.4) is 0 Å². The van der Waals surface area contributed by atoms with Crippen LogP contribution in [0.25, 0.3) is 0 Å². The van der Waals surface area contributed by atoms with Crippen molar-refractivity contribution >= 4 is 5.97 Å². The minimum absolute atomic E-state index is 0.311. The van der Waals surface area contributed by atoms with E-state index in [2.05, 4.69) is 6.58 Å². The Morgan fingerprint density at radius 2 is 2.14 bits per heavy atom. The second-order valence-corrected chi connectivity index (χ2v) is 3.27. The Bertz CT molecular complexity index is 209. The van der Waals surface area contributed by atoms with Crippen LogP contribution in [0, 0.1) is 0 Å². The van der Waals surface area contributed by atoms with E-state index >= 15 is 0 Å². The van der Waals surface area contributed by atoms with Crippen LogP contribution < -0.4 is 0 Å². The van der Waals surface area contributed by atoms with Crippen LogP contribution >= 0.6 is 0 Å². The molecule has 1 heterocycles. The van der Waals surface area contributed by atoms with Crippen molar-refractivity contribution in [1.29, 1.82) is 0 Å². The predicted molar refractivity (Wildman–Crippen MR) is 52.5 cm³/mol. The molecule has 0 aromatic carbocycles. The second-order valence-electron chi connectivity index (χ2n) is 3.27. The summed E-state index contributed by atoms with van der Waals surface area (Å²) in [5, 5.41) is 1.63. The summed E-state index contributed by atoms with van der Waals surface area (Å²) in [4.78, 5) is 16.5. The first-order valence-electron chi connectivity index (χ1n) is 4.96. The lowest BCUT2D eigenvalue weighted by Gasteiger charge is -2.25. The highest BCUT2D eigenvalue weighted by atomic mass is 16.7. The van der Waals surface area contributed by atoms with Crippen LogP contribution in [0.2, 0.25) is 0 Å². The molecule has 14 heavy (non-hydrogen) atoms. The Labute approximate surface area is 84.4 Å². The average molecular weight is 199 g/mol. The number of hydroxylamine groups is 2. The van der Waals surface area contributed by atoms with Gasteiger partial charge in [-0.05, 0) is 6.42 Å². The summed E-state index contributed by atoms with van der Waals surface area (Å²) in [6.45, 7) is 8.21. The smallest absolute Gasteiger partial charge is 0.352 e. The largest absolute Gasteiger partial charge is 0.379 e. The van der Waals surface area contributed by atoms with E-state index < -0.39 is 0 Å². The van der Waals surface area contributed by atoms with Crippen LogP contribution in [-0.4, -0.2) is 37.3 Å². The molecule has 0 N–H and O–H groups in total. The Kier molecular flexibility index (Phi) is 4.62. The summed E-state index contributed by atoms with van der Waals surface area (Å²) in [6, 6.07) is 0. The normalized spacial score (nSPS) is 17.8. The van der Waals surface area contributed by atoms with Gasteiger partial charge in [-0.15, -0.1) is 5.06 Å². The molecule has 0 bridgehead atoms. The highest BCUT2D eigenvalue weighted by Gasteiger charge is 2.16. The monoisotopic (exact) mass is 199 g/mol. The van der Waals surface area contributed by atoms with Gasteiger partial charge in [0.2, 0.25) is 0 Å². The van der Waals surface area contributed by atoms with Crippen LogP contribution in [0.4, 0.5) is 0 Å². The van der Waals surface area contributed by atoms with Crippen LogP contribution in [0.15, 0.2) is 12.2 Å². The number of nitrogens with zero attached hydrogens (tertiary/aromatic N) is 1. The number of carbonyl (C=O) groups excluding carboxylic acids is 1. The summed E-state index contributed by atoms with van der Waals surface area (Å²) in [6.07, 6.45) is 1.61. The van der Waals surface area contributed by atoms with Gasteiger partial charge in [0.05, 0.1) is 26.3 Å². The lowest BCUT2D eigenvalue weighted by molar-refractivity contribution is -0.200. The van der Waals surface area contributed by atoms with Crippen molar-refractivity contribution in [3.63, 3.8) is 0 Å². The van der Waals surface area contributed by atoms with Gasteiger partial charge in [0.1, 0.15) is 0 Å². The molecule has 0 aromatic heterocycles. The Balaban J connectivity index is 2.28. The highest BCUT2D eigenvalue weighted by molar-refractivity contribution is 5.87. The third kappa shape index (κ3) is 3.47. The highest BCUT2D eigenvalue weighted by Crippen LogP contribution is 2.07. The molecule has 4 nitrogen and oxygen atoms in total. The molecule has 0 aromatic rings. The van der Waals surface area contributed by atoms with Gasteiger partial charge in [-0.1, -0.05) is 19.9 Å². The summed E-state index contributed by atoms with van der Waals surface area (Å²) in [5.41, 5.74) is 0.541. The molecule has 0 amide bonds. The van der Waals surface area contributed by atoms with Gasteiger partial charge < -0.3 is 9.57 Å².